The number of ketones is 2. The molecule has 0 N–H and O–H groups in total. The van der Waals surface area contributed by atoms with Crippen LogP contribution < -0.4 is 0 Å². The summed E-state index contributed by atoms with van der Waals surface area (Å²) >= 11 is 0. The monoisotopic (exact) mass is 212 g/mol. The largest absolute Gasteiger partial charge is 0.299 e. The van der Waals surface area contributed by atoms with Crippen molar-refractivity contribution in [1.29, 1.82) is 0 Å². The van der Waals surface area contributed by atoms with Gasteiger partial charge in [-0.05, 0) is 6.42 Å². The molecular weight excluding hydrogens is 188 g/mol. The number of carbonyl (C=O) groups is 2. The third-order valence-corrected chi connectivity index (χ3v) is 2.71. The highest BCUT2D eigenvalue weighted by molar-refractivity contribution is 6.02. The molecule has 0 saturated heterocycles. The van der Waals surface area contributed by atoms with Crippen LogP contribution >= 0.6 is 0 Å². The lowest BCUT2D eigenvalue weighted by Gasteiger charge is -2.17. The van der Waals surface area contributed by atoms with Gasteiger partial charge in [-0.25, -0.2) is 0 Å². The second-order valence-electron chi connectivity index (χ2n) is 5.36. The van der Waals surface area contributed by atoms with Crippen LogP contribution in [-0.2, 0) is 9.59 Å². The Kier molecular flexibility index (Phi) is 5.77. The second kappa shape index (κ2) is 6.04. The fourth-order valence-corrected chi connectivity index (χ4v) is 1.27. The van der Waals surface area contributed by atoms with Gasteiger partial charge in [-0.1, -0.05) is 47.5 Å². The molecule has 0 aromatic heterocycles. The summed E-state index contributed by atoms with van der Waals surface area (Å²) in [6, 6.07) is 0. The normalized spacial score (nSPS) is 13.7. The van der Waals surface area contributed by atoms with Crippen LogP contribution in [0.15, 0.2) is 0 Å². The van der Waals surface area contributed by atoms with Gasteiger partial charge in [0.1, 0.15) is 11.6 Å². The Morgan fingerprint density at radius 1 is 1.20 bits per heavy atom. The molecule has 2 nitrogen and oxygen atoms in total. The number of unbranched alkanes of at least 4 members (excludes halogenated alkanes) is 1. The molecule has 0 heterocycles. The van der Waals surface area contributed by atoms with E-state index in [1.54, 1.807) is 0 Å². The topological polar surface area (TPSA) is 34.1 Å². The molecule has 0 unspecified atom stereocenters. The van der Waals surface area contributed by atoms with E-state index < -0.39 is 0 Å². The fourth-order valence-electron chi connectivity index (χ4n) is 1.27. The van der Waals surface area contributed by atoms with Crippen LogP contribution in [0.5, 0.6) is 0 Å². The smallest absolute Gasteiger partial charge is 0.145 e. The third kappa shape index (κ3) is 5.71. The molecule has 0 bridgehead atoms. The van der Waals surface area contributed by atoms with Gasteiger partial charge in [0.2, 0.25) is 0 Å². The number of hydrogen-bond acceptors (Lipinski definition) is 2. The van der Waals surface area contributed by atoms with Gasteiger partial charge in [0.25, 0.3) is 0 Å². The first-order valence-electron chi connectivity index (χ1n) is 5.85. The van der Waals surface area contributed by atoms with Crippen molar-refractivity contribution in [3.8, 4) is 0 Å². The molecule has 0 saturated carbocycles. The van der Waals surface area contributed by atoms with Crippen molar-refractivity contribution >= 4 is 11.6 Å². The van der Waals surface area contributed by atoms with Crippen molar-refractivity contribution < 1.29 is 9.59 Å². The van der Waals surface area contributed by atoms with Crippen molar-refractivity contribution in [2.45, 2.75) is 60.3 Å². The van der Waals surface area contributed by atoms with Gasteiger partial charge >= 0.3 is 0 Å². The molecule has 0 spiro atoms. The molecule has 0 aliphatic heterocycles. The zero-order chi connectivity index (χ0) is 12.1. The van der Waals surface area contributed by atoms with E-state index >= 15 is 0 Å². The molecule has 0 aliphatic rings. The van der Waals surface area contributed by atoms with E-state index in [0.29, 0.717) is 0 Å². The molecule has 0 aliphatic carbocycles. The highest BCUT2D eigenvalue weighted by Crippen LogP contribution is 2.19. The molecule has 0 radical (unpaired) electrons. The third-order valence-electron chi connectivity index (χ3n) is 2.71. The van der Waals surface area contributed by atoms with E-state index in [1.165, 1.54) is 0 Å². The average Bonchev–Trinajstić information content (AvgIpc) is 2.12. The highest BCUT2D eigenvalue weighted by atomic mass is 16.1. The summed E-state index contributed by atoms with van der Waals surface area (Å²) in [7, 11) is 0. The summed E-state index contributed by atoms with van der Waals surface area (Å²) in [4.78, 5) is 23.3. The molecule has 15 heavy (non-hydrogen) atoms. The molecule has 0 fully saturated rings. The Balaban J connectivity index is 4.08. The van der Waals surface area contributed by atoms with Gasteiger partial charge in [0.05, 0.1) is 6.42 Å². The van der Waals surface area contributed by atoms with E-state index in [1.807, 2.05) is 27.7 Å². The summed E-state index contributed by atoms with van der Waals surface area (Å²) in [5.41, 5.74) is -0.389. The first-order chi connectivity index (χ1) is 6.79. The van der Waals surface area contributed by atoms with E-state index in [2.05, 4.69) is 6.92 Å². The Hall–Kier alpha value is -0.660. The Morgan fingerprint density at radius 3 is 2.13 bits per heavy atom. The zero-order valence-corrected chi connectivity index (χ0v) is 10.7. The van der Waals surface area contributed by atoms with Crippen molar-refractivity contribution in [3.05, 3.63) is 0 Å². The van der Waals surface area contributed by atoms with E-state index in [-0.39, 0.29) is 29.3 Å². The van der Waals surface area contributed by atoms with E-state index in [4.69, 9.17) is 0 Å². The van der Waals surface area contributed by atoms with Crippen molar-refractivity contribution in [1.82, 2.24) is 0 Å². The first-order valence-corrected chi connectivity index (χ1v) is 5.85. The Bertz CT molecular complexity index is 223. The fraction of sp³-hybridized carbons (Fsp3) is 0.846. The summed E-state index contributed by atoms with van der Waals surface area (Å²) in [6.07, 6.45) is 3.18. The maximum Gasteiger partial charge on any atom is 0.145 e. The number of hydrogen-bond donors (Lipinski definition) is 0. The van der Waals surface area contributed by atoms with Gasteiger partial charge in [0, 0.05) is 11.3 Å². The molecular formula is C13H24O2. The molecule has 0 aromatic rings. The maximum absolute atomic E-state index is 11.7. The summed E-state index contributed by atoms with van der Waals surface area (Å²) in [5.74, 6) is 0.190. The Morgan fingerprint density at radius 2 is 1.73 bits per heavy atom. The van der Waals surface area contributed by atoms with E-state index in [9.17, 15) is 9.59 Å². The van der Waals surface area contributed by atoms with Crippen LogP contribution in [0.4, 0.5) is 0 Å². The molecule has 2 heteroatoms. The van der Waals surface area contributed by atoms with Gasteiger partial charge in [0.15, 0.2) is 0 Å². The second-order valence-corrected chi connectivity index (χ2v) is 5.36. The summed E-state index contributed by atoms with van der Waals surface area (Å²) in [6.45, 7) is 9.61. The van der Waals surface area contributed by atoms with Crippen LogP contribution in [0.2, 0.25) is 0 Å². The zero-order valence-electron chi connectivity index (χ0n) is 10.7. The lowest BCUT2D eigenvalue weighted by Crippen LogP contribution is -2.25. The SMILES string of the molecule is CCCC[C@@H](C)C(=O)CC(=O)C(C)(C)C. The average molecular weight is 212 g/mol. The minimum absolute atomic E-state index is 0.0382. The number of rotatable bonds is 6. The standard InChI is InChI=1S/C13H24O2/c1-6-7-8-10(2)11(14)9-12(15)13(3,4)5/h10H,6-9H2,1-5H3/t10-/m1/s1. The van der Waals surface area contributed by atoms with Crippen molar-refractivity contribution in [2.75, 3.05) is 0 Å². The predicted octanol–water partition coefficient (Wildman–Crippen LogP) is 3.39. The first kappa shape index (κ1) is 14.3. The van der Waals surface area contributed by atoms with Crippen LogP contribution in [0.25, 0.3) is 0 Å². The molecule has 0 amide bonds. The quantitative estimate of drug-likeness (QED) is 0.632. The van der Waals surface area contributed by atoms with Crippen molar-refractivity contribution in [2.24, 2.45) is 11.3 Å². The van der Waals surface area contributed by atoms with Gasteiger partial charge in [-0.2, -0.15) is 0 Å². The maximum atomic E-state index is 11.7. The summed E-state index contributed by atoms with van der Waals surface area (Å²) in [5, 5.41) is 0. The minimum atomic E-state index is -0.389. The highest BCUT2D eigenvalue weighted by Gasteiger charge is 2.25. The lowest BCUT2D eigenvalue weighted by molar-refractivity contribution is -0.133. The number of Topliss-reactive ketones (excluding diaryl/α,β-unsaturated/α-hetero) is 2. The molecule has 1 atom stereocenters. The number of carbonyl (C=O) groups excluding carboxylic acids is 2. The van der Waals surface area contributed by atoms with Crippen LogP contribution in [0, 0.1) is 11.3 Å². The van der Waals surface area contributed by atoms with Crippen molar-refractivity contribution in [3.63, 3.8) is 0 Å². The van der Waals surface area contributed by atoms with Crippen LogP contribution in [-0.4, -0.2) is 11.6 Å². The van der Waals surface area contributed by atoms with Crippen LogP contribution in [0.1, 0.15) is 60.3 Å². The summed E-state index contributed by atoms with van der Waals surface area (Å²) < 4.78 is 0. The molecule has 0 rings (SSSR count). The lowest BCUT2D eigenvalue weighted by atomic mass is 9.85. The van der Waals surface area contributed by atoms with Gasteiger partial charge in [-0.15, -0.1) is 0 Å². The predicted molar refractivity (Wildman–Crippen MR) is 62.8 cm³/mol. The van der Waals surface area contributed by atoms with Gasteiger partial charge < -0.3 is 0 Å². The van der Waals surface area contributed by atoms with Crippen LogP contribution in [0.3, 0.4) is 0 Å². The van der Waals surface area contributed by atoms with Gasteiger partial charge in [-0.3, -0.25) is 9.59 Å². The van der Waals surface area contributed by atoms with E-state index in [0.717, 1.165) is 19.3 Å². The molecule has 0 aromatic carbocycles. The minimum Gasteiger partial charge on any atom is -0.299 e. The molecule has 88 valence electrons. The Labute approximate surface area is 93.4 Å².